The zero-order valence-electron chi connectivity index (χ0n) is 12.4. The predicted molar refractivity (Wildman–Crippen MR) is 83.2 cm³/mol. The highest BCUT2D eigenvalue weighted by molar-refractivity contribution is 7.86. The smallest absolute Gasteiger partial charge is 0.335 e. The molecule has 0 spiro atoms. The fourth-order valence-corrected chi connectivity index (χ4v) is 3.04. The van der Waals surface area contributed by atoms with E-state index in [0.29, 0.717) is 11.3 Å². The largest absolute Gasteiger partial charge is 0.491 e. The molecule has 0 heterocycles. The standard InChI is InChI=1S/C16H16O6S/c1-12-5-2-3-8-15(12)23(19,20)22-10-9-21-14-7-4-6-13(11-14)16(17)18/h2-8,11H,9-10H2,1H3,(H,17,18). The van der Waals surface area contributed by atoms with Gasteiger partial charge in [-0.25, -0.2) is 4.79 Å². The molecule has 2 aromatic rings. The number of carbonyl (C=O) groups is 1. The van der Waals surface area contributed by atoms with Crippen molar-refractivity contribution in [1.29, 1.82) is 0 Å². The Kier molecular flexibility index (Phi) is 5.36. The first-order valence-electron chi connectivity index (χ1n) is 6.81. The molecule has 0 unspecified atom stereocenters. The van der Waals surface area contributed by atoms with Gasteiger partial charge in [-0.3, -0.25) is 4.18 Å². The lowest BCUT2D eigenvalue weighted by Crippen LogP contribution is -2.14. The second kappa shape index (κ2) is 7.26. The van der Waals surface area contributed by atoms with E-state index in [9.17, 15) is 13.2 Å². The van der Waals surface area contributed by atoms with Crippen molar-refractivity contribution in [3.63, 3.8) is 0 Å². The molecule has 122 valence electrons. The first-order valence-corrected chi connectivity index (χ1v) is 8.22. The van der Waals surface area contributed by atoms with Crippen molar-refractivity contribution in [3.05, 3.63) is 59.7 Å². The van der Waals surface area contributed by atoms with Crippen molar-refractivity contribution in [2.24, 2.45) is 0 Å². The van der Waals surface area contributed by atoms with Gasteiger partial charge in [0.2, 0.25) is 0 Å². The molecule has 6 nitrogen and oxygen atoms in total. The second-order valence-electron chi connectivity index (χ2n) is 4.72. The molecule has 2 rings (SSSR count). The summed E-state index contributed by atoms with van der Waals surface area (Å²) in [6.07, 6.45) is 0. The van der Waals surface area contributed by atoms with Crippen molar-refractivity contribution in [2.45, 2.75) is 11.8 Å². The van der Waals surface area contributed by atoms with E-state index in [2.05, 4.69) is 0 Å². The van der Waals surface area contributed by atoms with Crippen LogP contribution in [0.4, 0.5) is 0 Å². The Labute approximate surface area is 134 Å². The molecular weight excluding hydrogens is 320 g/mol. The van der Waals surface area contributed by atoms with E-state index in [-0.39, 0.29) is 23.7 Å². The van der Waals surface area contributed by atoms with Crippen molar-refractivity contribution < 1.29 is 27.2 Å². The van der Waals surface area contributed by atoms with Gasteiger partial charge in [0.15, 0.2) is 0 Å². The van der Waals surface area contributed by atoms with E-state index in [1.807, 2.05) is 0 Å². The third-order valence-corrected chi connectivity index (χ3v) is 4.51. The number of rotatable bonds is 7. The summed E-state index contributed by atoms with van der Waals surface area (Å²) in [7, 11) is -3.84. The van der Waals surface area contributed by atoms with Crippen LogP contribution in [0.2, 0.25) is 0 Å². The van der Waals surface area contributed by atoms with E-state index >= 15 is 0 Å². The van der Waals surface area contributed by atoms with Crippen molar-refractivity contribution in [1.82, 2.24) is 0 Å². The monoisotopic (exact) mass is 336 g/mol. The summed E-state index contributed by atoms with van der Waals surface area (Å²) >= 11 is 0. The lowest BCUT2D eigenvalue weighted by molar-refractivity contribution is 0.0696. The minimum absolute atomic E-state index is 0.0197. The summed E-state index contributed by atoms with van der Waals surface area (Å²) in [5.41, 5.74) is 0.693. The molecule has 0 atom stereocenters. The van der Waals surface area contributed by atoms with Crippen LogP contribution in [0, 0.1) is 6.92 Å². The van der Waals surface area contributed by atoms with Gasteiger partial charge in [-0.15, -0.1) is 0 Å². The maximum Gasteiger partial charge on any atom is 0.335 e. The SMILES string of the molecule is Cc1ccccc1S(=O)(=O)OCCOc1cccc(C(=O)O)c1. The lowest BCUT2D eigenvalue weighted by Gasteiger charge is -2.09. The van der Waals surface area contributed by atoms with Crippen LogP contribution < -0.4 is 4.74 Å². The lowest BCUT2D eigenvalue weighted by atomic mass is 10.2. The van der Waals surface area contributed by atoms with E-state index in [1.165, 1.54) is 18.2 Å². The van der Waals surface area contributed by atoms with E-state index < -0.39 is 16.1 Å². The van der Waals surface area contributed by atoms with Crippen molar-refractivity contribution in [2.75, 3.05) is 13.2 Å². The first-order chi connectivity index (χ1) is 10.9. The van der Waals surface area contributed by atoms with Crippen LogP contribution in [0.1, 0.15) is 15.9 Å². The summed E-state index contributed by atoms with van der Waals surface area (Å²) in [6, 6.07) is 12.5. The summed E-state index contributed by atoms with van der Waals surface area (Å²) in [5.74, 6) is -0.726. The van der Waals surface area contributed by atoms with Gasteiger partial charge in [0, 0.05) is 0 Å². The maximum absolute atomic E-state index is 12.1. The molecule has 0 fully saturated rings. The third kappa shape index (κ3) is 4.54. The summed E-state index contributed by atoms with van der Waals surface area (Å²) in [5, 5.41) is 8.88. The number of hydrogen-bond donors (Lipinski definition) is 1. The van der Waals surface area contributed by atoms with Gasteiger partial charge in [0.1, 0.15) is 19.0 Å². The normalized spacial score (nSPS) is 11.2. The van der Waals surface area contributed by atoms with Crippen LogP contribution in [0.5, 0.6) is 5.75 Å². The van der Waals surface area contributed by atoms with Gasteiger partial charge < -0.3 is 9.84 Å². The number of carboxylic acids is 1. The molecule has 23 heavy (non-hydrogen) atoms. The number of aryl methyl sites for hydroxylation is 1. The van der Waals surface area contributed by atoms with Crippen molar-refractivity contribution >= 4 is 16.1 Å². The minimum Gasteiger partial charge on any atom is -0.491 e. The molecule has 0 radical (unpaired) electrons. The Morgan fingerprint density at radius 1 is 1.09 bits per heavy atom. The van der Waals surface area contributed by atoms with Gasteiger partial charge in [0.05, 0.1) is 10.5 Å². The van der Waals surface area contributed by atoms with Gasteiger partial charge in [-0.1, -0.05) is 24.3 Å². The molecule has 2 aromatic carbocycles. The highest BCUT2D eigenvalue weighted by Gasteiger charge is 2.17. The zero-order valence-corrected chi connectivity index (χ0v) is 13.2. The molecule has 0 saturated carbocycles. The minimum atomic E-state index is -3.84. The molecule has 0 aromatic heterocycles. The molecule has 1 N–H and O–H groups in total. The summed E-state index contributed by atoms with van der Waals surface area (Å²) < 4.78 is 34.3. The molecule has 0 saturated heterocycles. The van der Waals surface area contributed by atoms with Gasteiger partial charge in [0.25, 0.3) is 10.1 Å². The van der Waals surface area contributed by atoms with E-state index in [4.69, 9.17) is 14.0 Å². The van der Waals surface area contributed by atoms with Crippen LogP contribution >= 0.6 is 0 Å². The molecule has 0 aliphatic carbocycles. The number of carboxylic acid groups (broad SMARTS) is 1. The van der Waals surface area contributed by atoms with Crippen LogP contribution in [0.25, 0.3) is 0 Å². The molecule has 0 aliphatic heterocycles. The second-order valence-corrected chi connectivity index (χ2v) is 6.31. The van der Waals surface area contributed by atoms with Gasteiger partial charge in [-0.05, 0) is 36.8 Å². The van der Waals surface area contributed by atoms with Crippen LogP contribution in [-0.2, 0) is 14.3 Å². The molecule has 0 bridgehead atoms. The fourth-order valence-electron chi connectivity index (χ4n) is 1.92. The quantitative estimate of drug-likeness (QED) is 0.617. The molecule has 7 heteroatoms. The topological polar surface area (TPSA) is 89.9 Å². The van der Waals surface area contributed by atoms with E-state index in [1.54, 1.807) is 37.3 Å². The van der Waals surface area contributed by atoms with E-state index in [0.717, 1.165) is 0 Å². The number of ether oxygens (including phenoxy) is 1. The van der Waals surface area contributed by atoms with Crippen LogP contribution in [0.15, 0.2) is 53.4 Å². The number of hydrogen-bond acceptors (Lipinski definition) is 5. The highest BCUT2D eigenvalue weighted by atomic mass is 32.2. The average Bonchev–Trinajstić information content (AvgIpc) is 2.52. The Bertz CT molecular complexity index is 798. The predicted octanol–water partition coefficient (Wildman–Crippen LogP) is 2.48. The number of benzene rings is 2. The molecule has 0 aliphatic rings. The number of aromatic carboxylic acids is 1. The first kappa shape index (κ1) is 17.0. The highest BCUT2D eigenvalue weighted by Crippen LogP contribution is 2.17. The molecular formula is C16H16O6S. The van der Waals surface area contributed by atoms with Gasteiger partial charge >= 0.3 is 5.97 Å². The Hall–Kier alpha value is -2.38. The Morgan fingerprint density at radius 3 is 2.52 bits per heavy atom. The van der Waals surface area contributed by atoms with Gasteiger partial charge in [-0.2, -0.15) is 8.42 Å². The van der Waals surface area contributed by atoms with Crippen molar-refractivity contribution in [3.8, 4) is 5.75 Å². The Balaban J connectivity index is 1.92. The summed E-state index contributed by atoms with van der Waals surface area (Å²) in [4.78, 5) is 11.0. The molecule has 0 amide bonds. The zero-order chi connectivity index (χ0) is 16.9. The maximum atomic E-state index is 12.1. The Morgan fingerprint density at radius 2 is 1.83 bits per heavy atom. The fraction of sp³-hybridized carbons (Fsp3) is 0.188. The summed E-state index contributed by atoms with van der Waals surface area (Å²) in [6.45, 7) is 1.49. The van der Waals surface area contributed by atoms with Crippen LogP contribution in [-0.4, -0.2) is 32.7 Å². The average molecular weight is 336 g/mol. The van der Waals surface area contributed by atoms with Crippen LogP contribution in [0.3, 0.4) is 0 Å². The third-order valence-electron chi connectivity index (χ3n) is 3.03.